The van der Waals surface area contributed by atoms with Crippen LogP contribution >= 0.6 is 10.7 Å². The van der Waals surface area contributed by atoms with E-state index >= 15 is 0 Å². The maximum absolute atomic E-state index is 11.1. The summed E-state index contributed by atoms with van der Waals surface area (Å²) < 4.78 is 27.8. The number of aryl methyl sites for hydroxylation is 2. The van der Waals surface area contributed by atoms with Gasteiger partial charge in [-0.1, -0.05) is 19.9 Å². The van der Waals surface area contributed by atoms with Crippen molar-refractivity contribution in [3.8, 4) is 5.75 Å². The monoisotopic (exact) mass is 335 g/mol. The van der Waals surface area contributed by atoms with Gasteiger partial charge in [0.25, 0.3) is 0 Å². The molecule has 0 aromatic heterocycles. The Labute approximate surface area is 128 Å². The lowest BCUT2D eigenvalue weighted by molar-refractivity contribution is -0.386. The molecule has 0 saturated carbocycles. The number of halogens is 1. The first-order valence-electron chi connectivity index (χ1n) is 6.22. The van der Waals surface area contributed by atoms with Crippen LogP contribution in [0, 0.1) is 29.4 Å². The van der Waals surface area contributed by atoms with E-state index in [-0.39, 0.29) is 23.8 Å². The maximum atomic E-state index is 11.1. The third-order valence-corrected chi connectivity index (χ3v) is 4.22. The first kappa shape index (κ1) is 17.7. The zero-order valence-electron chi connectivity index (χ0n) is 12.3. The molecule has 21 heavy (non-hydrogen) atoms. The van der Waals surface area contributed by atoms with Crippen LogP contribution in [0.4, 0.5) is 5.69 Å². The van der Waals surface area contributed by atoms with E-state index in [0.29, 0.717) is 5.56 Å². The highest BCUT2D eigenvalue weighted by atomic mass is 35.7. The SMILES string of the molecule is Cc1cc(C)c(OCC(C)(C)CS(=O)(=O)Cl)c([N+](=O)[O-])c1. The van der Waals surface area contributed by atoms with Crippen LogP contribution in [-0.4, -0.2) is 25.7 Å². The van der Waals surface area contributed by atoms with Crippen LogP contribution in [-0.2, 0) is 9.05 Å². The second-order valence-corrected chi connectivity index (χ2v) is 8.60. The first-order chi connectivity index (χ1) is 9.41. The molecule has 1 aromatic carbocycles. The predicted octanol–water partition coefficient (Wildman–Crippen LogP) is 3.19. The predicted molar refractivity (Wildman–Crippen MR) is 81.5 cm³/mol. The van der Waals surface area contributed by atoms with Gasteiger partial charge >= 0.3 is 5.69 Å². The molecule has 0 bridgehead atoms. The highest BCUT2D eigenvalue weighted by Gasteiger charge is 2.28. The van der Waals surface area contributed by atoms with Crippen molar-refractivity contribution in [1.29, 1.82) is 0 Å². The van der Waals surface area contributed by atoms with Gasteiger partial charge in [-0.2, -0.15) is 0 Å². The van der Waals surface area contributed by atoms with Gasteiger partial charge in [-0.05, 0) is 25.0 Å². The third-order valence-electron chi connectivity index (χ3n) is 2.77. The van der Waals surface area contributed by atoms with Gasteiger partial charge in [0.15, 0.2) is 5.75 Å². The zero-order valence-corrected chi connectivity index (χ0v) is 13.9. The van der Waals surface area contributed by atoms with Gasteiger partial charge in [0.1, 0.15) is 0 Å². The summed E-state index contributed by atoms with van der Waals surface area (Å²) in [7, 11) is 1.57. The molecule has 0 unspecified atom stereocenters. The first-order valence-corrected chi connectivity index (χ1v) is 8.70. The van der Waals surface area contributed by atoms with Crippen molar-refractivity contribution in [2.45, 2.75) is 27.7 Å². The van der Waals surface area contributed by atoms with E-state index in [1.807, 2.05) is 0 Å². The summed E-state index contributed by atoms with van der Waals surface area (Å²) in [6.45, 7) is 6.81. The summed E-state index contributed by atoms with van der Waals surface area (Å²) in [5, 5.41) is 11.1. The topological polar surface area (TPSA) is 86.5 Å². The molecule has 1 aromatic rings. The quantitative estimate of drug-likeness (QED) is 0.452. The van der Waals surface area contributed by atoms with E-state index in [1.54, 1.807) is 33.8 Å². The lowest BCUT2D eigenvalue weighted by Gasteiger charge is -2.23. The molecule has 0 amide bonds. The van der Waals surface area contributed by atoms with Crippen molar-refractivity contribution in [1.82, 2.24) is 0 Å². The highest BCUT2D eigenvalue weighted by molar-refractivity contribution is 8.13. The Morgan fingerprint density at radius 1 is 1.33 bits per heavy atom. The molecule has 6 nitrogen and oxygen atoms in total. The van der Waals surface area contributed by atoms with Gasteiger partial charge in [-0.25, -0.2) is 8.42 Å². The molecule has 0 radical (unpaired) electrons. The van der Waals surface area contributed by atoms with Crippen molar-refractivity contribution in [2.24, 2.45) is 5.41 Å². The average Bonchev–Trinajstić information content (AvgIpc) is 2.23. The summed E-state index contributed by atoms with van der Waals surface area (Å²) in [5.41, 5.74) is 0.503. The third kappa shape index (κ3) is 5.51. The molecule has 0 spiro atoms. The van der Waals surface area contributed by atoms with Crippen LogP contribution in [0.1, 0.15) is 25.0 Å². The molecule has 0 N–H and O–H groups in total. The Kier molecular flexibility index (Phi) is 5.22. The smallest absolute Gasteiger partial charge is 0.311 e. The molecular weight excluding hydrogens is 318 g/mol. The largest absolute Gasteiger partial charge is 0.486 e. The molecule has 0 heterocycles. The van der Waals surface area contributed by atoms with Gasteiger partial charge in [0.05, 0.1) is 17.3 Å². The van der Waals surface area contributed by atoms with Crippen LogP contribution in [0.5, 0.6) is 5.75 Å². The second kappa shape index (κ2) is 6.19. The van der Waals surface area contributed by atoms with E-state index in [1.165, 1.54) is 6.07 Å². The van der Waals surface area contributed by atoms with Crippen LogP contribution < -0.4 is 4.74 Å². The molecule has 0 aliphatic heterocycles. The van der Waals surface area contributed by atoms with E-state index in [4.69, 9.17) is 15.4 Å². The van der Waals surface area contributed by atoms with Crippen LogP contribution in [0.25, 0.3) is 0 Å². The summed E-state index contributed by atoms with van der Waals surface area (Å²) in [6, 6.07) is 3.20. The maximum Gasteiger partial charge on any atom is 0.311 e. The Morgan fingerprint density at radius 2 is 1.90 bits per heavy atom. The Balaban J connectivity index is 3.01. The summed E-state index contributed by atoms with van der Waals surface area (Å²) in [5.74, 6) is -0.120. The lowest BCUT2D eigenvalue weighted by atomic mass is 9.98. The Hall–Kier alpha value is -1.34. The van der Waals surface area contributed by atoms with Crippen LogP contribution in [0.15, 0.2) is 12.1 Å². The fraction of sp³-hybridized carbons (Fsp3) is 0.538. The number of benzene rings is 1. The minimum Gasteiger partial charge on any atom is -0.486 e. The van der Waals surface area contributed by atoms with Gasteiger partial charge in [-0.3, -0.25) is 10.1 Å². The minimum atomic E-state index is -3.67. The molecule has 0 aliphatic carbocycles. The summed E-state index contributed by atoms with van der Waals surface area (Å²) in [6.07, 6.45) is 0. The molecule has 0 fully saturated rings. The molecule has 0 aliphatic rings. The fourth-order valence-corrected chi connectivity index (χ4v) is 3.93. The molecule has 0 saturated heterocycles. The van der Waals surface area contributed by atoms with Gasteiger partial charge in [0, 0.05) is 22.2 Å². The number of nitro benzene ring substituents is 1. The van der Waals surface area contributed by atoms with E-state index in [2.05, 4.69) is 0 Å². The standard InChI is InChI=1S/C13H18ClNO5S/c1-9-5-10(2)12(11(6-9)15(16)17)20-7-13(3,4)8-21(14,18)19/h5-6H,7-8H2,1-4H3. The highest BCUT2D eigenvalue weighted by Crippen LogP contribution is 2.33. The van der Waals surface area contributed by atoms with Crippen molar-refractivity contribution >= 4 is 25.4 Å². The summed E-state index contributed by atoms with van der Waals surface area (Å²) >= 11 is 0. The van der Waals surface area contributed by atoms with Crippen LogP contribution in [0.3, 0.4) is 0 Å². The molecule has 118 valence electrons. The van der Waals surface area contributed by atoms with Gasteiger partial charge in [-0.15, -0.1) is 0 Å². The van der Waals surface area contributed by atoms with Crippen LogP contribution in [0.2, 0.25) is 0 Å². The molecule has 1 rings (SSSR count). The second-order valence-electron chi connectivity index (χ2n) is 5.82. The fourth-order valence-electron chi connectivity index (χ4n) is 2.03. The zero-order chi connectivity index (χ0) is 16.4. The van der Waals surface area contributed by atoms with Crippen molar-refractivity contribution in [3.05, 3.63) is 33.4 Å². The average molecular weight is 336 g/mol. The number of rotatable bonds is 6. The number of nitro groups is 1. The lowest BCUT2D eigenvalue weighted by Crippen LogP contribution is -2.28. The summed E-state index contributed by atoms with van der Waals surface area (Å²) in [4.78, 5) is 10.6. The molecule has 0 atom stereocenters. The van der Waals surface area contributed by atoms with Crippen molar-refractivity contribution in [3.63, 3.8) is 0 Å². The van der Waals surface area contributed by atoms with Crippen molar-refractivity contribution < 1.29 is 18.1 Å². The van der Waals surface area contributed by atoms with E-state index in [9.17, 15) is 18.5 Å². The Bertz CT molecular complexity index is 655. The molecule has 8 heteroatoms. The van der Waals surface area contributed by atoms with E-state index in [0.717, 1.165) is 5.56 Å². The number of hydrogen-bond acceptors (Lipinski definition) is 5. The molecular formula is C13H18ClNO5S. The van der Waals surface area contributed by atoms with Gasteiger partial charge in [0.2, 0.25) is 9.05 Å². The number of nitrogens with zero attached hydrogens (tertiary/aromatic N) is 1. The van der Waals surface area contributed by atoms with Gasteiger partial charge < -0.3 is 4.74 Å². The number of hydrogen-bond donors (Lipinski definition) is 0. The normalized spacial score (nSPS) is 12.2. The minimum absolute atomic E-state index is 0.00366. The van der Waals surface area contributed by atoms with E-state index < -0.39 is 19.4 Å². The van der Waals surface area contributed by atoms with Crippen molar-refractivity contribution in [2.75, 3.05) is 12.4 Å². The number of ether oxygens (including phenoxy) is 1. The Morgan fingerprint density at radius 3 is 2.38 bits per heavy atom.